The van der Waals surface area contributed by atoms with Crippen LogP contribution in [0.1, 0.15) is 25.0 Å². The minimum absolute atomic E-state index is 0.00832. The highest BCUT2D eigenvalue weighted by Crippen LogP contribution is 2.17. The molecule has 1 aromatic rings. The SMILES string of the molecule is CC(=O)NCCCNCC(O)c1ccc(N(C)C)cc1. The Morgan fingerprint density at radius 3 is 2.45 bits per heavy atom. The number of nitrogens with one attached hydrogen (secondary N) is 2. The molecule has 3 N–H and O–H groups in total. The number of aliphatic hydroxyl groups excluding tert-OH is 1. The molecule has 1 rings (SSSR count). The van der Waals surface area contributed by atoms with E-state index in [1.165, 1.54) is 6.92 Å². The van der Waals surface area contributed by atoms with E-state index in [0.717, 1.165) is 24.2 Å². The predicted octanol–water partition coefficient (Wildman–Crippen LogP) is 0.902. The molecule has 1 unspecified atom stereocenters. The third kappa shape index (κ3) is 6.04. The third-order valence-corrected chi connectivity index (χ3v) is 3.04. The van der Waals surface area contributed by atoms with E-state index in [4.69, 9.17) is 0 Å². The number of benzene rings is 1. The summed E-state index contributed by atoms with van der Waals surface area (Å²) in [6, 6.07) is 7.88. The van der Waals surface area contributed by atoms with E-state index in [2.05, 4.69) is 10.6 Å². The average molecular weight is 279 g/mol. The fourth-order valence-corrected chi connectivity index (χ4v) is 1.83. The lowest BCUT2D eigenvalue weighted by molar-refractivity contribution is -0.118. The summed E-state index contributed by atoms with van der Waals surface area (Å²) in [5.74, 6) is -0.00832. The van der Waals surface area contributed by atoms with Gasteiger partial charge in [0, 0.05) is 39.8 Å². The number of carbonyl (C=O) groups is 1. The van der Waals surface area contributed by atoms with Crippen LogP contribution in [0, 0.1) is 0 Å². The zero-order chi connectivity index (χ0) is 15.0. The second kappa shape index (κ2) is 8.55. The first-order chi connectivity index (χ1) is 9.50. The smallest absolute Gasteiger partial charge is 0.216 e. The zero-order valence-corrected chi connectivity index (χ0v) is 12.5. The van der Waals surface area contributed by atoms with Gasteiger partial charge in [-0.15, -0.1) is 0 Å². The van der Waals surface area contributed by atoms with Gasteiger partial charge >= 0.3 is 0 Å². The Morgan fingerprint density at radius 1 is 1.25 bits per heavy atom. The van der Waals surface area contributed by atoms with Crippen LogP contribution in [0.5, 0.6) is 0 Å². The van der Waals surface area contributed by atoms with Gasteiger partial charge in [-0.3, -0.25) is 4.79 Å². The number of carbonyl (C=O) groups excluding carboxylic acids is 1. The Morgan fingerprint density at radius 2 is 1.90 bits per heavy atom. The summed E-state index contributed by atoms with van der Waals surface area (Å²) in [5.41, 5.74) is 2.02. The standard InChI is InChI=1S/C15H25N3O2/c1-12(19)17-10-4-9-16-11-15(20)13-5-7-14(8-6-13)18(2)3/h5-8,15-16,20H,4,9-11H2,1-3H3,(H,17,19). The van der Waals surface area contributed by atoms with Crippen molar-refractivity contribution in [1.29, 1.82) is 0 Å². The molecule has 0 spiro atoms. The summed E-state index contributed by atoms with van der Waals surface area (Å²) in [5, 5.41) is 16.0. The van der Waals surface area contributed by atoms with Crippen molar-refractivity contribution in [3.63, 3.8) is 0 Å². The van der Waals surface area contributed by atoms with Gasteiger partial charge in [0.1, 0.15) is 0 Å². The Hall–Kier alpha value is -1.59. The first kappa shape index (κ1) is 16.5. The maximum Gasteiger partial charge on any atom is 0.216 e. The largest absolute Gasteiger partial charge is 0.387 e. The van der Waals surface area contributed by atoms with Gasteiger partial charge in [-0.05, 0) is 30.7 Å². The van der Waals surface area contributed by atoms with Crippen LogP contribution in [0.3, 0.4) is 0 Å². The van der Waals surface area contributed by atoms with E-state index >= 15 is 0 Å². The van der Waals surface area contributed by atoms with Crippen molar-refractivity contribution in [3.8, 4) is 0 Å². The normalized spacial score (nSPS) is 12.0. The summed E-state index contributed by atoms with van der Waals surface area (Å²) in [4.78, 5) is 12.7. The van der Waals surface area contributed by atoms with E-state index in [1.54, 1.807) is 0 Å². The molecule has 0 saturated carbocycles. The molecule has 0 bridgehead atoms. The Balaban J connectivity index is 2.25. The van der Waals surface area contributed by atoms with Gasteiger partial charge in [0.25, 0.3) is 0 Å². The van der Waals surface area contributed by atoms with Gasteiger partial charge in [-0.2, -0.15) is 0 Å². The molecule has 0 aromatic heterocycles. The van der Waals surface area contributed by atoms with Crippen molar-refractivity contribution >= 4 is 11.6 Å². The van der Waals surface area contributed by atoms with Crippen LogP contribution >= 0.6 is 0 Å². The molecule has 20 heavy (non-hydrogen) atoms. The van der Waals surface area contributed by atoms with Crippen LogP contribution in [-0.2, 0) is 4.79 Å². The topological polar surface area (TPSA) is 64.6 Å². The fraction of sp³-hybridized carbons (Fsp3) is 0.533. The van der Waals surface area contributed by atoms with Crippen molar-refractivity contribution < 1.29 is 9.90 Å². The number of amides is 1. The number of aliphatic hydroxyl groups is 1. The summed E-state index contributed by atoms with van der Waals surface area (Å²) in [7, 11) is 3.98. The van der Waals surface area contributed by atoms with Crippen molar-refractivity contribution in [2.24, 2.45) is 0 Å². The van der Waals surface area contributed by atoms with E-state index in [9.17, 15) is 9.90 Å². The average Bonchev–Trinajstić information content (AvgIpc) is 2.42. The minimum Gasteiger partial charge on any atom is -0.387 e. The lowest BCUT2D eigenvalue weighted by Crippen LogP contribution is -2.27. The summed E-state index contributed by atoms with van der Waals surface area (Å²) < 4.78 is 0. The maximum absolute atomic E-state index is 10.7. The molecule has 0 heterocycles. The molecule has 0 aliphatic heterocycles. The van der Waals surface area contributed by atoms with E-state index < -0.39 is 6.10 Å². The Kier molecular flexibility index (Phi) is 7.04. The molecule has 0 fully saturated rings. The number of rotatable bonds is 8. The summed E-state index contributed by atoms with van der Waals surface area (Å²) in [6.07, 6.45) is 0.346. The zero-order valence-electron chi connectivity index (χ0n) is 12.5. The van der Waals surface area contributed by atoms with E-state index in [1.807, 2.05) is 43.3 Å². The van der Waals surface area contributed by atoms with Crippen LogP contribution in [0.25, 0.3) is 0 Å². The molecule has 5 heteroatoms. The van der Waals surface area contributed by atoms with Gasteiger partial charge < -0.3 is 20.6 Å². The van der Waals surface area contributed by atoms with Gasteiger partial charge in [0.2, 0.25) is 5.91 Å². The highest BCUT2D eigenvalue weighted by molar-refractivity contribution is 5.72. The lowest BCUT2D eigenvalue weighted by atomic mass is 10.1. The Bertz CT molecular complexity index is 404. The van der Waals surface area contributed by atoms with Gasteiger partial charge in [0.15, 0.2) is 0 Å². The van der Waals surface area contributed by atoms with Crippen LogP contribution < -0.4 is 15.5 Å². The van der Waals surface area contributed by atoms with Crippen molar-refractivity contribution in [1.82, 2.24) is 10.6 Å². The third-order valence-electron chi connectivity index (χ3n) is 3.04. The van der Waals surface area contributed by atoms with Crippen LogP contribution in [0.4, 0.5) is 5.69 Å². The van der Waals surface area contributed by atoms with Crippen molar-refractivity contribution in [2.75, 3.05) is 38.6 Å². The van der Waals surface area contributed by atoms with Crippen LogP contribution in [-0.4, -0.2) is 44.7 Å². The monoisotopic (exact) mass is 279 g/mol. The first-order valence-corrected chi connectivity index (χ1v) is 6.91. The molecule has 0 radical (unpaired) electrons. The van der Waals surface area contributed by atoms with Gasteiger partial charge in [-0.1, -0.05) is 12.1 Å². The molecule has 0 saturated heterocycles. The van der Waals surface area contributed by atoms with E-state index in [-0.39, 0.29) is 5.91 Å². The number of hydrogen-bond acceptors (Lipinski definition) is 4. The molecule has 5 nitrogen and oxygen atoms in total. The highest BCUT2D eigenvalue weighted by Gasteiger charge is 2.07. The van der Waals surface area contributed by atoms with E-state index in [0.29, 0.717) is 13.1 Å². The predicted molar refractivity (Wildman–Crippen MR) is 81.9 cm³/mol. The quantitative estimate of drug-likeness (QED) is 0.619. The molecule has 0 aliphatic rings. The maximum atomic E-state index is 10.7. The van der Waals surface area contributed by atoms with Gasteiger partial charge in [-0.25, -0.2) is 0 Å². The second-order valence-electron chi connectivity index (χ2n) is 5.04. The summed E-state index contributed by atoms with van der Waals surface area (Å²) in [6.45, 7) is 3.46. The van der Waals surface area contributed by atoms with Crippen LogP contribution in [0.15, 0.2) is 24.3 Å². The van der Waals surface area contributed by atoms with Crippen molar-refractivity contribution in [2.45, 2.75) is 19.4 Å². The fourth-order valence-electron chi connectivity index (χ4n) is 1.83. The summed E-state index contributed by atoms with van der Waals surface area (Å²) >= 11 is 0. The molecule has 1 aromatic carbocycles. The number of hydrogen-bond donors (Lipinski definition) is 3. The molecule has 1 atom stereocenters. The number of anilines is 1. The minimum atomic E-state index is -0.507. The Labute approximate surface area is 121 Å². The molecular formula is C15H25N3O2. The van der Waals surface area contributed by atoms with Gasteiger partial charge in [0.05, 0.1) is 6.10 Å². The molecule has 0 aliphatic carbocycles. The number of nitrogens with zero attached hydrogens (tertiary/aromatic N) is 1. The molecule has 1 amide bonds. The highest BCUT2D eigenvalue weighted by atomic mass is 16.3. The van der Waals surface area contributed by atoms with Crippen LogP contribution in [0.2, 0.25) is 0 Å². The lowest BCUT2D eigenvalue weighted by Gasteiger charge is -2.15. The molecular weight excluding hydrogens is 254 g/mol. The second-order valence-corrected chi connectivity index (χ2v) is 5.04. The first-order valence-electron chi connectivity index (χ1n) is 6.91. The molecule has 112 valence electrons. The van der Waals surface area contributed by atoms with Crippen molar-refractivity contribution in [3.05, 3.63) is 29.8 Å².